The lowest BCUT2D eigenvalue weighted by Crippen LogP contribution is -2.08. The minimum atomic E-state index is 0.399. The van der Waals surface area contributed by atoms with Crippen molar-refractivity contribution in [3.05, 3.63) is 42.0 Å². The summed E-state index contributed by atoms with van der Waals surface area (Å²) in [5.74, 6) is 2.84. The Morgan fingerprint density at radius 1 is 0.742 bits per heavy atom. The van der Waals surface area contributed by atoms with E-state index in [0.717, 1.165) is 46.7 Å². The molecular formula is C25H30N2O4. The van der Waals surface area contributed by atoms with Gasteiger partial charge >= 0.3 is 0 Å². The number of benzene rings is 2. The molecule has 2 aromatic carbocycles. The van der Waals surface area contributed by atoms with E-state index >= 15 is 0 Å². The largest absolute Gasteiger partial charge is 0.493 e. The predicted octanol–water partition coefficient (Wildman–Crippen LogP) is 5.68. The van der Waals surface area contributed by atoms with Crippen molar-refractivity contribution in [1.82, 2.24) is 9.78 Å². The van der Waals surface area contributed by atoms with Gasteiger partial charge in [0, 0.05) is 16.7 Å². The topological polar surface area (TPSA) is 54.7 Å². The molecule has 3 aromatic rings. The molecule has 0 N–H and O–H groups in total. The number of ether oxygens (including phenoxy) is 4. The van der Waals surface area contributed by atoms with Crippen LogP contribution < -0.4 is 18.9 Å². The molecule has 1 aromatic heterocycles. The lowest BCUT2D eigenvalue weighted by molar-refractivity contribution is 0.355. The fraction of sp³-hybridized carbons (Fsp3) is 0.400. The van der Waals surface area contributed by atoms with Crippen LogP contribution in [0.2, 0.25) is 0 Å². The van der Waals surface area contributed by atoms with Crippen molar-refractivity contribution in [1.29, 1.82) is 0 Å². The fourth-order valence-electron chi connectivity index (χ4n) is 4.52. The third kappa shape index (κ3) is 3.82. The summed E-state index contributed by atoms with van der Waals surface area (Å²) in [5, 5.41) is 5.12. The van der Waals surface area contributed by atoms with Gasteiger partial charge < -0.3 is 18.9 Å². The van der Waals surface area contributed by atoms with Crippen molar-refractivity contribution in [2.24, 2.45) is 0 Å². The number of nitrogens with zero attached hydrogens (tertiary/aromatic N) is 2. The Bertz CT molecular complexity index is 1070. The summed E-state index contributed by atoms with van der Waals surface area (Å²) in [6.07, 6.45) is 4.76. The van der Waals surface area contributed by atoms with Gasteiger partial charge in [-0.15, -0.1) is 0 Å². The number of rotatable bonds is 7. The van der Waals surface area contributed by atoms with Gasteiger partial charge in [-0.25, -0.2) is 0 Å². The van der Waals surface area contributed by atoms with Crippen LogP contribution in [0.4, 0.5) is 0 Å². The number of hydrogen-bond acceptors (Lipinski definition) is 5. The molecular weight excluding hydrogens is 392 g/mol. The molecule has 0 atom stereocenters. The molecule has 1 saturated carbocycles. The first kappa shape index (κ1) is 21.1. The monoisotopic (exact) mass is 422 g/mol. The minimum Gasteiger partial charge on any atom is -0.493 e. The lowest BCUT2D eigenvalue weighted by Gasteiger charge is -2.16. The zero-order valence-electron chi connectivity index (χ0n) is 18.9. The van der Waals surface area contributed by atoms with Crippen LogP contribution in [-0.4, -0.2) is 38.2 Å². The van der Waals surface area contributed by atoms with Crippen LogP contribution in [0.3, 0.4) is 0 Å². The Kier molecular flexibility index (Phi) is 6.07. The summed E-state index contributed by atoms with van der Waals surface area (Å²) in [6.45, 7) is 2.14. The Labute approximate surface area is 183 Å². The zero-order valence-corrected chi connectivity index (χ0v) is 18.9. The van der Waals surface area contributed by atoms with E-state index in [1.807, 2.05) is 30.3 Å². The second-order valence-corrected chi connectivity index (χ2v) is 7.84. The van der Waals surface area contributed by atoms with Gasteiger partial charge in [0.05, 0.1) is 45.9 Å². The summed E-state index contributed by atoms with van der Waals surface area (Å²) in [6, 6.07) is 12.4. The van der Waals surface area contributed by atoms with Crippen LogP contribution in [-0.2, 0) is 0 Å². The van der Waals surface area contributed by atoms with Gasteiger partial charge in [0.2, 0.25) is 0 Å². The van der Waals surface area contributed by atoms with Crippen LogP contribution in [0.25, 0.3) is 22.5 Å². The molecule has 0 bridgehead atoms. The third-order valence-electron chi connectivity index (χ3n) is 6.13. The van der Waals surface area contributed by atoms with Crippen LogP contribution in [0.1, 0.15) is 37.3 Å². The SMILES string of the molecule is COc1ccc(-c2nn(C3CCCC3)c(-c3ccc(OC)c(OC)c3)c2C)cc1OC. The molecule has 1 aliphatic rings. The molecule has 0 unspecified atom stereocenters. The minimum absolute atomic E-state index is 0.399. The van der Waals surface area contributed by atoms with Gasteiger partial charge in [-0.1, -0.05) is 12.8 Å². The van der Waals surface area contributed by atoms with Crippen molar-refractivity contribution in [2.75, 3.05) is 28.4 Å². The van der Waals surface area contributed by atoms with Crippen LogP contribution >= 0.6 is 0 Å². The summed E-state index contributed by atoms with van der Waals surface area (Å²) in [7, 11) is 6.62. The average Bonchev–Trinajstić information content (AvgIpc) is 3.46. The standard InChI is InChI=1S/C25H30N2O4/c1-16-24(17-10-12-20(28-2)22(14-17)30-4)26-27(19-8-6-7-9-19)25(16)18-11-13-21(29-3)23(15-18)31-5/h10-15,19H,6-9H2,1-5H3. The normalized spacial score (nSPS) is 14.0. The van der Waals surface area contributed by atoms with Gasteiger partial charge in [-0.3, -0.25) is 4.68 Å². The fourth-order valence-corrected chi connectivity index (χ4v) is 4.52. The van der Waals surface area contributed by atoms with E-state index in [-0.39, 0.29) is 0 Å². The molecule has 0 spiro atoms. The second-order valence-electron chi connectivity index (χ2n) is 7.84. The van der Waals surface area contributed by atoms with E-state index < -0.39 is 0 Å². The molecule has 1 aliphatic carbocycles. The molecule has 6 nitrogen and oxygen atoms in total. The first-order chi connectivity index (χ1) is 15.1. The zero-order chi connectivity index (χ0) is 22.0. The van der Waals surface area contributed by atoms with Crippen LogP contribution in [0.5, 0.6) is 23.0 Å². The van der Waals surface area contributed by atoms with E-state index in [9.17, 15) is 0 Å². The summed E-state index contributed by atoms with van der Waals surface area (Å²) < 4.78 is 24.2. The summed E-state index contributed by atoms with van der Waals surface area (Å²) in [5.41, 5.74) is 5.29. The van der Waals surface area contributed by atoms with Crippen molar-refractivity contribution < 1.29 is 18.9 Å². The first-order valence-corrected chi connectivity index (χ1v) is 10.6. The van der Waals surface area contributed by atoms with E-state index in [4.69, 9.17) is 24.0 Å². The van der Waals surface area contributed by atoms with Gasteiger partial charge in [0.1, 0.15) is 0 Å². The maximum Gasteiger partial charge on any atom is 0.161 e. The van der Waals surface area contributed by atoms with Crippen LogP contribution in [0, 0.1) is 6.92 Å². The predicted molar refractivity (Wildman–Crippen MR) is 122 cm³/mol. The highest BCUT2D eigenvalue weighted by Gasteiger charge is 2.26. The van der Waals surface area contributed by atoms with Gasteiger partial charge in [0.15, 0.2) is 23.0 Å². The quantitative estimate of drug-likeness (QED) is 0.491. The van der Waals surface area contributed by atoms with E-state index in [1.165, 1.54) is 12.8 Å². The Morgan fingerprint density at radius 2 is 1.26 bits per heavy atom. The molecule has 1 fully saturated rings. The van der Waals surface area contributed by atoms with Crippen molar-refractivity contribution in [3.63, 3.8) is 0 Å². The highest BCUT2D eigenvalue weighted by Crippen LogP contribution is 2.42. The molecule has 6 heteroatoms. The third-order valence-corrected chi connectivity index (χ3v) is 6.13. The number of methoxy groups -OCH3 is 4. The molecule has 4 rings (SSSR count). The van der Waals surface area contributed by atoms with E-state index in [0.29, 0.717) is 23.3 Å². The molecule has 0 radical (unpaired) electrons. The van der Waals surface area contributed by atoms with Gasteiger partial charge in [-0.05, 0) is 56.2 Å². The molecule has 164 valence electrons. The molecule has 0 saturated heterocycles. The highest BCUT2D eigenvalue weighted by atomic mass is 16.5. The summed E-state index contributed by atoms with van der Waals surface area (Å²) in [4.78, 5) is 0. The maximum atomic E-state index is 5.57. The van der Waals surface area contributed by atoms with Crippen molar-refractivity contribution in [2.45, 2.75) is 38.6 Å². The van der Waals surface area contributed by atoms with Crippen molar-refractivity contribution >= 4 is 0 Å². The molecule has 1 heterocycles. The Morgan fingerprint density at radius 3 is 1.81 bits per heavy atom. The Balaban J connectivity index is 1.88. The number of hydrogen-bond donors (Lipinski definition) is 0. The smallest absolute Gasteiger partial charge is 0.161 e. The maximum absolute atomic E-state index is 5.57. The molecule has 0 amide bonds. The number of aromatic nitrogens is 2. The van der Waals surface area contributed by atoms with E-state index in [1.54, 1.807) is 28.4 Å². The van der Waals surface area contributed by atoms with Gasteiger partial charge in [-0.2, -0.15) is 5.10 Å². The van der Waals surface area contributed by atoms with Crippen molar-refractivity contribution in [3.8, 4) is 45.5 Å². The van der Waals surface area contributed by atoms with Crippen LogP contribution in [0.15, 0.2) is 36.4 Å². The first-order valence-electron chi connectivity index (χ1n) is 10.6. The lowest BCUT2D eigenvalue weighted by atomic mass is 10.0. The summed E-state index contributed by atoms with van der Waals surface area (Å²) >= 11 is 0. The molecule has 31 heavy (non-hydrogen) atoms. The highest BCUT2D eigenvalue weighted by molar-refractivity contribution is 5.76. The van der Waals surface area contributed by atoms with Gasteiger partial charge in [0.25, 0.3) is 0 Å². The van der Waals surface area contributed by atoms with E-state index in [2.05, 4.69) is 17.7 Å². The Hall–Kier alpha value is -3.15. The molecule has 0 aliphatic heterocycles. The second kappa shape index (κ2) is 8.92. The average molecular weight is 423 g/mol.